The van der Waals surface area contributed by atoms with Gasteiger partial charge in [-0.05, 0) is 37.1 Å². The number of carbonyl (C=O) groups excluding carboxylic acids is 1. The Balaban J connectivity index is 0.00000220. The summed E-state index contributed by atoms with van der Waals surface area (Å²) >= 11 is 5.78. The van der Waals surface area contributed by atoms with Gasteiger partial charge in [0.1, 0.15) is 11.4 Å². The molecular formula is C15H18ClKO4. The van der Waals surface area contributed by atoms with Gasteiger partial charge in [0.15, 0.2) is 0 Å². The number of ether oxygens (including phenoxy) is 2. The van der Waals surface area contributed by atoms with Crippen molar-refractivity contribution in [2.45, 2.75) is 37.7 Å². The van der Waals surface area contributed by atoms with E-state index >= 15 is 0 Å². The van der Waals surface area contributed by atoms with Gasteiger partial charge in [0.2, 0.25) is 0 Å². The summed E-state index contributed by atoms with van der Waals surface area (Å²) in [6, 6.07) is 7.28. The molecule has 110 valence electrons. The molecule has 1 aliphatic heterocycles. The van der Waals surface area contributed by atoms with Gasteiger partial charge in [-0.1, -0.05) is 30.9 Å². The van der Waals surface area contributed by atoms with E-state index in [2.05, 4.69) is 0 Å². The third kappa shape index (κ3) is 6.56. The van der Waals surface area contributed by atoms with Crippen LogP contribution in [0.25, 0.3) is 0 Å². The van der Waals surface area contributed by atoms with E-state index in [1.807, 2.05) is 12.1 Å². The van der Waals surface area contributed by atoms with Crippen molar-refractivity contribution < 1.29 is 70.8 Å². The standard InChI is InChI=1S/C15H19ClO4.K/c16-12-5-7-13(8-6-12)19-10-4-2-1-3-9-15(11-20-15)14(17)18;/h5-8H,1-4,9-11H2,(H,17,18);/q;+1/p-1. The maximum atomic E-state index is 10.8. The predicted octanol–water partition coefficient (Wildman–Crippen LogP) is -0.808. The van der Waals surface area contributed by atoms with Crippen LogP contribution in [0.2, 0.25) is 5.02 Å². The van der Waals surface area contributed by atoms with E-state index in [1.165, 1.54) is 0 Å². The van der Waals surface area contributed by atoms with Crippen molar-refractivity contribution in [3.63, 3.8) is 0 Å². The van der Waals surface area contributed by atoms with Gasteiger partial charge in [-0.15, -0.1) is 0 Å². The first kappa shape index (κ1) is 19.4. The van der Waals surface area contributed by atoms with E-state index in [4.69, 9.17) is 21.1 Å². The van der Waals surface area contributed by atoms with E-state index in [0.717, 1.165) is 31.4 Å². The first-order valence-electron chi connectivity index (χ1n) is 6.86. The van der Waals surface area contributed by atoms with Gasteiger partial charge in [-0.2, -0.15) is 0 Å². The van der Waals surface area contributed by atoms with Crippen molar-refractivity contribution in [1.29, 1.82) is 0 Å². The van der Waals surface area contributed by atoms with Crippen LogP contribution >= 0.6 is 11.6 Å². The van der Waals surface area contributed by atoms with Crippen molar-refractivity contribution in [3.8, 4) is 5.75 Å². The van der Waals surface area contributed by atoms with Gasteiger partial charge in [0.05, 0.1) is 19.2 Å². The molecule has 0 spiro atoms. The van der Waals surface area contributed by atoms with Gasteiger partial charge in [-0.25, -0.2) is 0 Å². The van der Waals surface area contributed by atoms with Gasteiger partial charge in [-0.3, -0.25) is 0 Å². The number of epoxide rings is 1. The average molecular weight is 337 g/mol. The number of carboxylic acids is 1. The van der Waals surface area contributed by atoms with Crippen molar-refractivity contribution >= 4 is 17.6 Å². The van der Waals surface area contributed by atoms with Gasteiger partial charge in [0, 0.05) is 5.02 Å². The molecule has 0 N–H and O–H groups in total. The first-order chi connectivity index (χ1) is 9.62. The molecule has 4 nitrogen and oxygen atoms in total. The Morgan fingerprint density at radius 3 is 2.43 bits per heavy atom. The molecule has 0 saturated carbocycles. The van der Waals surface area contributed by atoms with E-state index < -0.39 is 11.6 Å². The number of halogens is 1. The number of carbonyl (C=O) groups is 1. The van der Waals surface area contributed by atoms with Crippen molar-refractivity contribution in [2.75, 3.05) is 13.2 Å². The van der Waals surface area contributed by atoms with Crippen LogP contribution in [0.4, 0.5) is 0 Å². The fourth-order valence-electron chi connectivity index (χ4n) is 2.04. The molecule has 1 fully saturated rings. The van der Waals surface area contributed by atoms with Crippen LogP contribution in [-0.4, -0.2) is 24.8 Å². The summed E-state index contributed by atoms with van der Waals surface area (Å²) in [5.74, 6) is -0.264. The third-order valence-electron chi connectivity index (χ3n) is 3.42. The molecule has 1 saturated heterocycles. The second kappa shape index (κ2) is 9.50. The zero-order valence-corrected chi connectivity index (χ0v) is 16.1. The first-order valence-corrected chi connectivity index (χ1v) is 7.24. The third-order valence-corrected chi connectivity index (χ3v) is 3.67. The van der Waals surface area contributed by atoms with Crippen molar-refractivity contribution in [3.05, 3.63) is 29.3 Å². The molecule has 0 amide bonds. The molecule has 0 bridgehead atoms. The fourth-order valence-corrected chi connectivity index (χ4v) is 2.16. The number of hydrogen-bond acceptors (Lipinski definition) is 4. The summed E-state index contributed by atoms with van der Waals surface area (Å²) < 4.78 is 10.5. The molecule has 1 unspecified atom stereocenters. The molecule has 1 aromatic carbocycles. The SMILES string of the molecule is O=C([O-])C1(CCCCCCOc2ccc(Cl)cc2)CO1.[K+]. The molecule has 1 heterocycles. The monoisotopic (exact) mass is 336 g/mol. The van der Waals surface area contributed by atoms with Gasteiger partial charge < -0.3 is 19.4 Å². The van der Waals surface area contributed by atoms with Crippen LogP contribution in [0.15, 0.2) is 24.3 Å². The Bertz CT molecular complexity index is 445. The molecule has 21 heavy (non-hydrogen) atoms. The Kier molecular flexibility index (Phi) is 8.79. The smallest absolute Gasteiger partial charge is 0.547 e. The zero-order valence-electron chi connectivity index (χ0n) is 12.3. The number of unbranched alkanes of at least 4 members (excludes halogenated alkanes) is 3. The molecule has 1 aliphatic rings. The van der Waals surface area contributed by atoms with Crippen LogP contribution in [-0.2, 0) is 9.53 Å². The van der Waals surface area contributed by atoms with E-state index in [-0.39, 0.29) is 51.4 Å². The molecule has 1 atom stereocenters. The number of rotatable bonds is 9. The minimum atomic E-state index is -1.08. The summed E-state index contributed by atoms with van der Waals surface area (Å²) in [5.41, 5.74) is -0.972. The Labute approximate surface area is 172 Å². The van der Waals surface area contributed by atoms with Gasteiger partial charge >= 0.3 is 51.4 Å². The van der Waals surface area contributed by atoms with Crippen LogP contribution in [0, 0.1) is 0 Å². The normalized spacial score (nSPS) is 19.7. The molecular weight excluding hydrogens is 319 g/mol. The predicted molar refractivity (Wildman–Crippen MR) is 73.7 cm³/mol. The quantitative estimate of drug-likeness (QED) is 0.336. The van der Waals surface area contributed by atoms with Gasteiger partial charge in [0.25, 0.3) is 0 Å². The maximum absolute atomic E-state index is 10.8. The van der Waals surface area contributed by atoms with Crippen molar-refractivity contribution in [2.24, 2.45) is 0 Å². The second-order valence-corrected chi connectivity index (χ2v) is 5.47. The molecule has 6 heteroatoms. The summed E-state index contributed by atoms with van der Waals surface area (Å²) in [4.78, 5) is 10.8. The van der Waals surface area contributed by atoms with Crippen LogP contribution in [0.1, 0.15) is 32.1 Å². The van der Waals surface area contributed by atoms with E-state index in [1.54, 1.807) is 12.1 Å². The fraction of sp³-hybridized carbons (Fsp3) is 0.533. The molecule has 1 aromatic rings. The number of aliphatic carboxylic acids is 1. The van der Waals surface area contributed by atoms with Crippen molar-refractivity contribution in [1.82, 2.24) is 0 Å². The van der Waals surface area contributed by atoms with E-state index in [0.29, 0.717) is 24.7 Å². The number of carboxylic acid groups (broad SMARTS) is 1. The Morgan fingerprint density at radius 2 is 1.86 bits per heavy atom. The summed E-state index contributed by atoms with van der Waals surface area (Å²) in [7, 11) is 0. The number of benzene rings is 1. The van der Waals surface area contributed by atoms with Crippen LogP contribution in [0.3, 0.4) is 0 Å². The molecule has 0 aromatic heterocycles. The zero-order chi connectivity index (χ0) is 14.4. The number of hydrogen-bond donors (Lipinski definition) is 0. The Hall–Kier alpha value is 0.376. The molecule has 0 aliphatic carbocycles. The minimum absolute atomic E-state index is 0. The summed E-state index contributed by atoms with van der Waals surface area (Å²) in [5, 5.41) is 11.5. The molecule has 0 radical (unpaired) electrons. The maximum Gasteiger partial charge on any atom is 1.00 e. The van der Waals surface area contributed by atoms with E-state index in [9.17, 15) is 9.90 Å². The summed E-state index contributed by atoms with van der Waals surface area (Å²) in [6.45, 7) is 0.957. The average Bonchev–Trinajstić information content (AvgIpc) is 3.21. The second-order valence-electron chi connectivity index (χ2n) is 5.04. The van der Waals surface area contributed by atoms with Crippen LogP contribution in [0.5, 0.6) is 5.75 Å². The van der Waals surface area contributed by atoms with Crippen LogP contribution < -0.4 is 61.2 Å². The minimum Gasteiger partial charge on any atom is -0.547 e. The largest absolute Gasteiger partial charge is 1.00 e. The topological polar surface area (TPSA) is 61.9 Å². The summed E-state index contributed by atoms with van der Waals surface area (Å²) in [6.07, 6.45) is 4.32. The molecule has 2 rings (SSSR count). The Morgan fingerprint density at radius 1 is 1.24 bits per heavy atom.